The van der Waals surface area contributed by atoms with Gasteiger partial charge < -0.3 is 14.7 Å². The van der Waals surface area contributed by atoms with Crippen LogP contribution in [-0.4, -0.2) is 9.97 Å². The summed E-state index contributed by atoms with van der Waals surface area (Å²) in [5, 5.41) is 0. The summed E-state index contributed by atoms with van der Waals surface area (Å²) in [6, 6.07) is 43.4. The van der Waals surface area contributed by atoms with Gasteiger partial charge in [-0.2, -0.15) is 0 Å². The van der Waals surface area contributed by atoms with Crippen LogP contribution in [0.3, 0.4) is 0 Å². The molecule has 6 aromatic rings. The van der Waals surface area contributed by atoms with E-state index in [4.69, 9.17) is 4.74 Å². The third-order valence-corrected chi connectivity index (χ3v) is 6.72. The van der Waals surface area contributed by atoms with E-state index in [1.54, 1.807) is 6.20 Å². The van der Waals surface area contributed by atoms with Crippen LogP contribution < -0.4 is 4.74 Å². The fraction of sp³-hybridized carbons (Fsp3) is 0.0556. The van der Waals surface area contributed by atoms with E-state index in [0.29, 0.717) is 11.5 Å². The van der Waals surface area contributed by atoms with Gasteiger partial charge in [0.2, 0.25) is 0 Å². The summed E-state index contributed by atoms with van der Waals surface area (Å²) < 4.78 is 6.15. The minimum atomic E-state index is 0. The number of pyridine rings is 2. The van der Waals surface area contributed by atoms with E-state index in [1.807, 2.05) is 60.8 Å². The molecule has 0 bridgehead atoms. The molecule has 196 valence electrons. The van der Waals surface area contributed by atoms with Crippen molar-refractivity contribution in [2.24, 2.45) is 0 Å². The zero-order valence-electron chi connectivity index (χ0n) is 22.2. The molecule has 0 unspecified atom stereocenters. The number of aromatic nitrogens is 2. The van der Waals surface area contributed by atoms with E-state index in [9.17, 15) is 0 Å². The zero-order valence-corrected chi connectivity index (χ0v) is 24.4. The molecule has 0 amide bonds. The number of aryl methyl sites for hydroxylation is 2. The van der Waals surface area contributed by atoms with Crippen molar-refractivity contribution < 1.29 is 25.8 Å². The Bertz CT molecular complexity index is 1740. The Balaban J connectivity index is 0.00000323. The fourth-order valence-corrected chi connectivity index (χ4v) is 4.89. The topological polar surface area (TPSA) is 35.0 Å². The molecule has 3 nitrogen and oxygen atoms in total. The molecule has 0 radical (unpaired) electrons. The first-order valence-corrected chi connectivity index (χ1v) is 12.9. The molecule has 0 saturated heterocycles. The molecule has 0 spiro atoms. The summed E-state index contributed by atoms with van der Waals surface area (Å²) in [6.45, 7) is 4.34. The fourth-order valence-electron chi connectivity index (χ4n) is 4.89. The number of hydrogen-bond donors (Lipinski definition) is 0. The minimum Gasteiger partial charge on any atom is -0.497 e. The van der Waals surface area contributed by atoms with Crippen molar-refractivity contribution in [2.45, 2.75) is 13.8 Å². The van der Waals surface area contributed by atoms with Crippen molar-refractivity contribution in [1.29, 1.82) is 0 Å². The maximum absolute atomic E-state index is 6.15. The van der Waals surface area contributed by atoms with Gasteiger partial charge in [0.15, 0.2) is 0 Å². The second-order valence-electron chi connectivity index (χ2n) is 9.42. The van der Waals surface area contributed by atoms with Gasteiger partial charge in [0.1, 0.15) is 0 Å². The van der Waals surface area contributed by atoms with Crippen LogP contribution in [-0.2, 0) is 21.1 Å². The summed E-state index contributed by atoms with van der Waals surface area (Å²) in [5.41, 5.74) is 10.7. The number of hydrogen-bond acceptors (Lipinski definition) is 3. The van der Waals surface area contributed by atoms with Crippen LogP contribution in [0.15, 0.2) is 122 Å². The quantitative estimate of drug-likeness (QED) is 0.163. The van der Waals surface area contributed by atoms with Crippen molar-refractivity contribution in [2.75, 3.05) is 0 Å². The Morgan fingerprint density at radius 2 is 1.15 bits per heavy atom. The van der Waals surface area contributed by atoms with Gasteiger partial charge in [-0.15, -0.1) is 47.5 Å². The number of ether oxygens (including phenoxy) is 1. The minimum absolute atomic E-state index is 0. The van der Waals surface area contributed by atoms with Crippen LogP contribution in [0.4, 0.5) is 0 Å². The average Bonchev–Trinajstić information content (AvgIpc) is 2.98. The predicted octanol–water partition coefficient (Wildman–Crippen LogP) is 9.15. The molecule has 0 saturated carbocycles. The van der Waals surface area contributed by atoms with E-state index < -0.39 is 0 Å². The van der Waals surface area contributed by atoms with Crippen molar-refractivity contribution in [3.8, 4) is 56.3 Å². The third-order valence-electron chi connectivity index (χ3n) is 6.72. The van der Waals surface area contributed by atoms with Gasteiger partial charge >= 0.3 is 21.1 Å². The molecule has 4 aromatic carbocycles. The van der Waals surface area contributed by atoms with Gasteiger partial charge in [-0.3, -0.25) is 0 Å². The molecule has 0 atom stereocenters. The Morgan fingerprint density at radius 1 is 0.550 bits per heavy atom. The molecule has 0 fully saturated rings. The Morgan fingerprint density at radius 3 is 1.82 bits per heavy atom. The van der Waals surface area contributed by atoms with E-state index in [1.165, 1.54) is 27.8 Å². The molecular weight excluding hydrogens is 671 g/mol. The smallest absolute Gasteiger partial charge is 0.497 e. The monoisotopic (exact) mass is 697 g/mol. The van der Waals surface area contributed by atoms with Gasteiger partial charge in [0.25, 0.3) is 0 Å². The van der Waals surface area contributed by atoms with Crippen molar-refractivity contribution in [3.63, 3.8) is 0 Å². The maximum Gasteiger partial charge on any atom is 2.00 e. The molecule has 0 N–H and O–H groups in total. The molecule has 4 heteroatoms. The first-order valence-electron chi connectivity index (χ1n) is 12.9. The molecule has 0 aliphatic heterocycles. The maximum atomic E-state index is 6.15. The SMILES string of the molecule is Cc1cccc(C)c1-c1ccccc1-c1ccnc(-c2[c-]c(Oc3[c-]c(-c4ccccn4)ccc3)ccc2)c1.[Pt+2]. The Kier molecular flexibility index (Phi) is 8.33. The normalized spacial score (nSPS) is 10.6. The summed E-state index contributed by atoms with van der Waals surface area (Å²) in [4.78, 5) is 9.09. The van der Waals surface area contributed by atoms with Crippen LogP contribution in [0.2, 0.25) is 0 Å². The second-order valence-corrected chi connectivity index (χ2v) is 9.42. The van der Waals surface area contributed by atoms with Crippen LogP contribution in [0.25, 0.3) is 44.8 Å². The van der Waals surface area contributed by atoms with Crippen LogP contribution >= 0.6 is 0 Å². The Hall–Kier alpha value is -4.33. The zero-order chi connectivity index (χ0) is 26.6. The average molecular weight is 698 g/mol. The van der Waals surface area contributed by atoms with Gasteiger partial charge in [0.05, 0.1) is 0 Å². The predicted molar refractivity (Wildman–Crippen MR) is 157 cm³/mol. The first kappa shape index (κ1) is 27.2. The van der Waals surface area contributed by atoms with Gasteiger partial charge in [0, 0.05) is 23.9 Å². The van der Waals surface area contributed by atoms with Gasteiger partial charge in [-0.1, -0.05) is 72.8 Å². The summed E-state index contributed by atoms with van der Waals surface area (Å²) >= 11 is 0. The molecule has 40 heavy (non-hydrogen) atoms. The van der Waals surface area contributed by atoms with Crippen molar-refractivity contribution in [1.82, 2.24) is 9.97 Å². The number of nitrogens with zero attached hydrogens (tertiary/aromatic N) is 2. The Labute approximate surface area is 249 Å². The summed E-state index contributed by atoms with van der Waals surface area (Å²) in [5.74, 6) is 1.21. The van der Waals surface area contributed by atoms with Gasteiger partial charge in [-0.25, -0.2) is 0 Å². The molecule has 0 aliphatic carbocycles. The molecular formula is C36H26N2OPt. The molecule has 6 rings (SSSR count). The van der Waals surface area contributed by atoms with Crippen LogP contribution in [0.1, 0.15) is 11.1 Å². The van der Waals surface area contributed by atoms with E-state index in [-0.39, 0.29) is 21.1 Å². The van der Waals surface area contributed by atoms with E-state index >= 15 is 0 Å². The molecule has 0 aliphatic rings. The largest absolute Gasteiger partial charge is 2.00 e. The summed E-state index contributed by atoms with van der Waals surface area (Å²) in [6.07, 6.45) is 3.63. The van der Waals surface area contributed by atoms with Crippen LogP contribution in [0.5, 0.6) is 11.5 Å². The molecule has 2 heterocycles. The van der Waals surface area contributed by atoms with Crippen molar-refractivity contribution in [3.05, 3.63) is 145 Å². The van der Waals surface area contributed by atoms with Gasteiger partial charge in [-0.05, 0) is 70.7 Å². The number of benzene rings is 4. The van der Waals surface area contributed by atoms with E-state index in [2.05, 4.69) is 90.5 Å². The molecule has 2 aromatic heterocycles. The third kappa shape index (κ3) is 5.81. The first-order chi connectivity index (χ1) is 19.2. The summed E-state index contributed by atoms with van der Waals surface area (Å²) in [7, 11) is 0. The van der Waals surface area contributed by atoms with Crippen molar-refractivity contribution >= 4 is 0 Å². The van der Waals surface area contributed by atoms with Crippen LogP contribution in [0, 0.1) is 26.0 Å². The van der Waals surface area contributed by atoms with E-state index in [0.717, 1.165) is 28.1 Å². The standard InChI is InChI=1S/C36H26N2O.Pt/c1-25-10-7-11-26(2)36(25)33-17-4-3-16-32(33)27-19-21-38-35(24-27)29-13-9-15-31(23-29)39-30-14-8-12-28(22-30)34-18-5-6-20-37-34;/h3-21,24H,1-2H3;/q-2;+2. The second kappa shape index (κ2) is 12.2. The number of rotatable bonds is 6.